The van der Waals surface area contributed by atoms with Crippen molar-refractivity contribution < 1.29 is 9.59 Å². The average Bonchev–Trinajstić information content (AvgIpc) is 3.29. The molecule has 0 radical (unpaired) electrons. The lowest BCUT2D eigenvalue weighted by atomic mass is 10.1. The van der Waals surface area contributed by atoms with Crippen molar-refractivity contribution in [2.75, 3.05) is 4.90 Å². The van der Waals surface area contributed by atoms with E-state index in [-0.39, 0.29) is 16.8 Å². The molecule has 5 rings (SSSR count). The normalized spacial score (nSPS) is 13.5. The van der Waals surface area contributed by atoms with Crippen molar-refractivity contribution in [3.8, 4) is 6.07 Å². The Morgan fingerprint density at radius 2 is 1.64 bits per heavy atom. The second-order valence-corrected chi connectivity index (χ2v) is 6.88. The first-order valence-electron chi connectivity index (χ1n) is 9.09. The molecule has 0 saturated heterocycles. The minimum absolute atomic E-state index is 0.191. The maximum Gasteiger partial charge on any atom is 0.283 e. The van der Waals surface area contributed by atoms with Crippen molar-refractivity contribution >= 4 is 34.2 Å². The van der Waals surface area contributed by atoms with Crippen molar-refractivity contribution in [3.05, 3.63) is 70.9 Å². The number of carbonyl (C=O) groups excluding carboxylic acids is 2. The summed E-state index contributed by atoms with van der Waals surface area (Å²) in [7, 11) is 0. The summed E-state index contributed by atoms with van der Waals surface area (Å²) in [6.07, 6.45) is 0. The molecule has 4 aromatic rings. The number of carbonyl (C=O) groups is 2. The first-order valence-corrected chi connectivity index (χ1v) is 9.09. The summed E-state index contributed by atoms with van der Waals surface area (Å²) in [5.41, 5.74) is 4.58. The molecule has 1 aliphatic rings. The number of imidazole rings is 1. The number of nitrogens with zero attached hydrogens (tertiary/aromatic N) is 4. The summed E-state index contributed by atoms with van der Waals surface area (Å²) in [6.45, 7) is 4.55. The molecule has 28 heavy (non-hydrogen) atoms. The van der Waals surface area contributed by atoms with Crippen LogP contribution in [-0.2, 0) is 6.54 Å². The quantitative estimate of drug-likeness (QED) is 0.504. The van der Waals surface area contributed by atoms with Gasteiger partial charge < -0.3 is 4.57 Å². The number of aromatic nitrogens is 2. The van der Waals surface area contributed by atoms with Gasteiger partial charge in [-0.05, 0) is 38.1 Å². The van der Waals surface area contributed by atoms with Crippen LogP contribution in [0.3, 0.4) is 0 Å². The summed E-state index contributed by atoms with van der Waals surface area (Å²) >= 11 is 0. The first kappa shape index (κ1) is 16.3. The van der Waals surface area contributed by atoms with Gasteiger partial charge in [0.2, 0.25) is 0 Å². The van der Waals surface area contributed by atoms with Crippen molar-refractivity contribution in [1.82, 2.24) is 8.97 Å². The van der Waals surface area contributed by atoms with Crippen LogP contribution in [0.2, 0.25) is 0 Å². The largest absolute Gasteiger partial charge is 0.325 e. The number of aryl methyl sites for hydroxylation is 2. The van der Waals surface area contributed by atoms with Crippen LogP contribution < -0.4 is 4.90 Å². The minimum atomic E-state index is -0.448. The van der Waals surface area contributed by atoms with Gasteiger partial charge in [-0.2, -0.15) is 5.26 Å². The number of benzene rings is 2. The number of anilines is 1. The Kier molecular flexibility index (Phi) is 3.25. The highest BCUT2D eigenvalue weighted by molar-refractivity contribution is 6.35. The number of para-hydroxylation sites is 2. The molecule has 0 saturated carbocycles. The first-order chi connectivity index (χ1) is 13.6. The van der Waals surface area contributed by atoms with Gasteiger partial charge in [-0.3, -0.25) is 14.0 Å². The summed E-state index contributed by atoms with van der Waals surface area (Å²) in [5, 5.41) is 9.87. The van der Waals surface area contributed by atoms with Gasteiger partial charge in [-0.15, -0.1) is 0 Å². The SMILES string of the molecule is CCn1c2ccccc2n2c3c(c(C#N)c12)C(=O)N(c1ccc(C)cc1)C3=O. The Balaban J connectivity index is 1.87. The van der Waals surface area contributed by atoms with E-state index in [0.29, 0.717) is 17.9 Å². The molecule has 0 spiro atoms. The topological polar surface area (TPSA) is 70.5 Å². The zero-order valence-electron chi connectivity index (χ0n) is 15.4. The van der Waals surface area contributed by atoms with E-state index in [1.165, 1.54) is 0 Å². The van der Waals surface area contributed by atoms with E-state index in [1.807, 2.05) is 54.8 Å². The van der Waals surface area contributed by atoms with Crippen molar-refractivity contribution in [3.63, 3.8) is 0 Å². The lowest BCUT2D eigenvalue weighted by Crippen LogP contribution is -2.30. The molecule has 6 heteroatoms. The fourth-order valence-corrected chi connectivity index (χ4v) is 4.12. The Morgan fingerprint density at radius 3 is 2.29 bits per heavy atom. The Hall–Kier alpha value is -3.85. The van der Waals surface area contributed by atoms with Crippen LogP contribution in [0, 0.1) is 18.3 Å². The number of amides is 2. The fraction of sp³-hybridized carbons (Fsp3) is 0.136. The predicted octanol–water partition coefficient (Wildman–Crippen LogP) is 3.89. The summed E-state index contributed by atoms with van der Waals surface area (Å²) in [6, 6.07) is 17.1. The monoisotopic (exact) mass is 368 g/mol. The molecular weight excluding hydrogens is 352 g/mol. The molecule has 2 aromatic carbocycles. The second-order valence-electron chi connectivity index (χ2n) is 6.88. The van der Waals surface area contributed by atoms with Crippen LogP contribution in [0.25, 0.3) is 16.7 Å². The lowest BCUT2D eigenvalue weighted by molar-refractivity contribution is 0.0923. The third-order valence-corrected chi connectivity index (χ3v) is 5.36. The van der Waals surface area contributed by atoms with Gasteiger partial charge in [0.25, 0.3) is 11.8 Å². The molecule has 0 bridgehead atoms. The molecule has 2 amide bonds. The number of nitriles is 1. The highest BCUT2D eigenvalue weighted by Gasteiger charge is 2.44. The third-order valence-electron chi connectivity index (χ3n) is 5.36. The van der Waals surface area contributed by atoms with Crippen LogP contribution in [0.15, 0.2) is 48.5 Å². The van der Waals surface area contributed by atoms with Crippen LogP contribution in [-0.4, -0.2) is 20.8 Å². The maximum absolute atomic E-state index is 13.3. The van der Waals surface area contributed by atoms with Crippen molar-refractivity contribution in [2.45, 2.75) is 20.4 Å². The predicted molar refractivity (Wildman–Crippen MR) is 106 cm³/mol. The number of imide groups is 1. The third kappa shape index (κ3) is 1.85. The lowest BCUT2D eigenvalue weighted by Gasteiger charge is -2.14. The molecule has 3 heterocycles. The van der Waals surface area contributed by atoms with Crippen LogP contribution >= 0.6 is 0 Å². The molecule has 2 aromatic heterocycles. The number of rotatable bonds is 2. The van der Waals surface area contributed by atoms with E-state index in [9.17, 15) is 14.9 Å². The highest BCUT2D eigenvalue weighted by atomic mass is 16.2. The van der Waals surface area contributed by atoms with E-state index < -0.39 is 11.8 Å². The number of hydrogen-bond acceptors (Lipinski definition) is 3. The van der Waals surface area contributed by atoms with Crippen LogP contribution in [0.1, 0.15) is 38.9 Å². The van der Waals surface area contributed by atoms with Crippen LogP contribution in [0.5, 0.6) is 0 Å². The minimum Gasteiger partial charge on any atom is -0.325 e. The van der Waals surface area contributed by atoms with Gasteiger partial charge >= 0.3 is 0 Å². The van der Waals surface area contributed by atoms with E-state index in [4.69, 9.17) is 0 Å². The smallest absolute Gasteiger partial charge is 0.283 e. The van der Waals surface area contributed by atoms with Crippen molar-refractivity contribution in [2.24, 2.45) is 0 Å². The zero-order chi connectivity index (χ0) is 19.6. The maximum atomic E-state index is 13.3. The summed E-state index contributed by atoms with van der Waals surface area (Å²) < 4.78 is 3.74. The molecule has 6 nitrogen and oxygen atoms in total. The molecule has 1 aliphatic heterocycles. The van der Waals surface area contributed by atoms with Gasteiger partial charge in [0.05, 0.1) is 22.3 Å². The molecule has 0 N–H and O–H groups in total. The van der Waals surface area contributed by atoms with Gasteiger partial charge in [0, 0.05) is 6.54 Å². The van der Waals surface area contributed by atoms with E-state index in [2.05, 4.69) is 6.07 Å². The molecule has 0 aliphatic carbocycles. The Labute approximate surface area is 160 Å². The summed E-state index contributed by atoms with van der Waals surface area (Å²) in [5.74, 6) is -0.852. The summed E-state index contributed by atoms with van der Waals surface area (Å²) in [4.78, 5) is 27.7. The van der Waals surface area contributed by atoms with E-state index in [1.54, 1.807) is 16.5 Å². The Morgan fingerprint density at radius 1 is 0.964 bits per heavy atom. The standard InChI is InChI=1S/C22H16N4O2/c1-3-24-16-6-4-5-7-17(16)26-19-18(15(12-23)20(24)26)21(27)25(22(19)28)14-10-8-13(2)9-11-14/h4-11H,3H2,1-2H3. The average molecular weight is 368 g/mol. The van der Waals surface area contributed by atoms with Gasteiger partial charge in [0.1, 0.15) is 23.0 Å². The molecule has 0 unspecified atom stereocenters. The van der Waals surface area contributed by atoms with Crippen molar-refractivity contribution in [1.29, 1.82) is 5.26 Å². The second kappa shape index (κ2) is 5.57. The number of hydrogen-bond donors (Lipinski definition) is 0. The Bertz CT molecular complexity index is 1350. The molecular formula is C22H16N4O2. The fourth-order valence-electron chi connectivity index (χ4n) is 4.12. The van der Waals surface area contributed by atoms with Gasteiger partial charge in [-0.25, -0.2) is 4.90 Å². The highest BCUT2D eigenvalue weighted by Crippen LogP contribution is 2.37. The molecule has 0 fully saturated rings. The van der Waals surface area contributed by atoms with Crippen LogP contribution in [0.4, 0.5) is 5.69 Å². The number of fused-ring (bicyclic) bond motifs is 5. The van der Waals surface area contributed by atoms with Gasteiger partial charge in [-0.1, -0.05) is 29.8 Å². The zero-order valence-corrected chi connectivity index (χ0v) is 15.4. The molecule has 136 valence electrons. The van der Waals surface area contributed by atoms with E-state index >= 15 is 0 Å². The molecule has 0 atom stereocenters. The van der Waals surface area contributed by atoms with E-state index in [0.717, 1.165) is 21.5 Å². The van der Waals surface area contributed by atoms with Gasteiger partial charge in [0.15, 0.2) is 0 Å².